The van der Waals surface area contributed by atoms with Crippen LogP contribution in [0.3, 0.4) is 0 Å². The van der Waals surface area contributed by atoms with Gasteiger partial charge in [-0.25, -0.2) is 8.42 Å². The molecule has 8 heteroatoms. The van der Waals surface area contributed by atoms with E-state index in [2.05, 4.69) is 0 Å². The highest BCUT2D eigenvalue weighted by atomic mass is 35.5. The molecule has 0 saturated heterocycles. The summed E-state index contributed by atoms with van der Waals surface area (Å²) in [5, 5.41) is 0.0207. The number of ether oxygens (including phenoxy) is 1. The molecule has 0 aliphatic carbocycles. The first-order chi connectivity index (χ1) is 9.32. The third-order valence-corrected chi connectivity index (χ3v) is 4.94. The molecule has 1 rings (SSSR count). The number of anilines is 1. The van der Waals surface area contributed by atoms with E-state index in [1.807, 2.05) is 0 Å². The Bertz CT molecular complexity index is 589. The Morgan fingerprint density at radius 2 is 2.05 bits per heavy atom. The van der Waals surface area contributed by atoms with Crippen molar-refractivity contribution in [2.24, 2.45) is 0 Å². The first kappa shape index (κ1) is 16.7. The van der Waals surface area contributed by atoms with Crippen LogP contribution in [0, 0.1) is 0 Å². The summed E-state index contributed by atoms with van der Waals surface area (Å²) in [6, 6.07) is 4.12. The summed E-state index contributed by atoms with van der Waals surface area (Å²) in [7, 11) is -3.87. The summed E-state index contributed by atoms with van der Waals surface area (Å²) < 4.78 is 30.6. The van der Waals surface area contributed by atoms with Gasteiger partial charge in [0.15, 0.2) is 0 Å². The Morgan fingerprint density at radius 1 is 1.40 bits per heavy atom. The molecule has 0 aliphatic rings. The van der Waals surface area contributed by atoms with Crippen molar-refractivity contribution in [3.8, 4) is 0 Å². The molecule has 0 heterocycles. The van der Waals surface area contributed by atoms with E-state index in [4.69, 9.17) is 22.1 Å². The second-order valence-electron chi connectivity index (χ2n) is 3.93. The van der Waals surface area contributed by atoms with Crippen molar-refractivity contribution in [1.29, 1.82) is 0 Å². The Balaban J connectivity index is 3.09. The van der Waals surface area contributed by atoms with Gasteiger partial charge in [0.25, 0.3) is 0 Å². The molecule has 20 heavy (non-hydrogen) atoms. The Labute approximate surface area is 123 Å². The average Bonchev–Trinajstić information content (AvgIpc) is 2.35. The molecule has 0 unspecified atom stereocenters. The summed E-state index contributed by atoms with van der Waals surface area (Å²) >= 11 is 5.91. The van der Waals surface area contributed by atoms with Crippen molar-refractivity contribution < 1.29 is 17.9 Å². The van der Waals surface area contributed by atoms with Crippen molar-refractivity contribution in [3.63, 3.8) is 0 Å². The van der Waals surface area contributed by atoms with Gasteiger partial charge in [0.05, 0.1) is 11.6 Å². The van der Waals surface area contributed by atoms with E-state index in [-0.39, 0.29) is 29.6 Å². The van der Waals surface area contributed by atoms with Crippen molar-refractivity contribution in [2.45, 2.75) is 18.7 Å². The summed E-state index contributed by atoms with van der Waals surface area (Å²) in [5.74, 6) is -0.607. The fraction of sp³-hybridized carbons (Fsp3) is 0.417. The molecule has 0 saturated carbocycles. The number of carbonyl (C=O) groups is 1. The van der Waals surface area contributed by atoms with E-state index in [0.29, 0.717) is 5.69 Å². The van der Waals surface area contributed by atoms with Gasteiger partial charge in [-0.1, -0.05) is 18.5 Å². The Hall–Kier alpha value is -1.31. The first-order valence-corrected chi connectivity index (χ1v) is 7.85. The predicted octanol–water partition coefficient (Wildman–Crippen LogP) is 1.50. The molecule has 1 aromatic rings. The van der Waals surface area contributed by atoms with Crippen LogP contribution in [0.4, 0.5) is 5.69 Å². The summed E-state index contributed by atoms with van der Waals surface area (Å²) in [5.41, 5.74) is 5.90. The fourth-order valence-corrected chi connectivity index (χ4v) is 3.50. The summed E-state index contributed by atoms with van der Waals surface area (Å²) in [6.07, 6.45) is 0. The van der Waals surface area contributed by atoms with Gasteiger partial charge in [-0.15, -0.1) is 0 Å². The van der Waals surface area contributed by atoms with Gasteiger partial charge in [-0.05, 0) is 25.1 Å². The minimum absolute atomic E-state index is 0.0207. The molecule has 1 aromatic carbocycles. The van der Waals surface area contributed by atoms with E-state index in [0.717, 1.165) is 4.31 Å². The lowest BCUT2D eigenvalue weighted by Gasteiger charge is -2.20. The summed E-state index contributed by atoms with van der Waals surface area (Å²) in [6.45, 7) is 3.25. The van der Waals surface area contributed by atoms with E-state index in [1.54, 1.807) is 13.8 Å². The molecule has 0 aromatic heterocycles. The van der Waals surface area contributed by atoms with Gasteiger partial charge in [-0.3, -0.25) is 4.79 Å². The maximum absolute atomic E-state index is 12.4. The van der Waals surface area contributed by atoms with Crippen LogP contribution in [0.25, 0.3) is 0 Å². The number of rotatable bonds is 6. The highest BCUT2D eigenvalue weighted by Gasteiger charge is 2.27. The van der Waals surface area contributed by atoms with Crippen molar-refractivity contribution in [2.75, 3.05) is 25.4 Å². The number of nitrogens with zero attached hydrogens (tertiary/aromatic N) is 1. The Morgan fingerprint density at radius 3 is 2.55 bits per heavy atom. The molecule has 112 valence electrons. The van der Waals surface area contributed by atoms with Crippen LogP contribution in [0.5, 0.6) is 0 Å². The number of hydrogen-bond acceptors (Lipinski definition) is 5. The average molecular weight is 321 g/mol. The lowest BCUT2D eigenvalue weighted by Crippen LogP contribution is -2.36. The topological polar surface area (TPSA) is 89.7 Å². The third kappa shape index (κ3) is 3.84. The van der Waals surface area contributed by atoms with Crippen LogP contribution in [-0.4, -0.2) is 38.4 Å². The van der Waals surface area contributed by atoms with Crippen LogP contribution in [0.2, 0.25) is 5.02 Å². The van der Waals surface area contributed by atoms with Crippen LogP contribution in [-0.2, 0) is 19.6 Å². The minimum Gasteiger partial charge on any atom is -0.465 e. The van der Waals surface area contributed by atoms with Gasteiger partial charge in [-0.2, -0.15) is 4.31 Å². The number of carbonyl (C=O) groups excluding carboxylic acids is 1. The first-order valence-electron chi connectivity index (χ1n) is 6.03. The maximum Gasteiger partial charge on any atom is 0.321 e. The fourth-order valence-electron chi connectivity index (χ4n) is 1.58. The van der Waals surface area contributed by atoms with E-state index in [1.165, 1.54) is 18.2 Å². The van der Waals surface area contributed by atoms with E-state index in [9.17, 15) is 13.2 Å². The number of hydrogen-bond donors (Lipinski definition) is 1. The molecule has 0 aliphatic heterocycles. The highest BCUT2D eigenvalue weighted by Crippen LogP contribution is 2.26. The second-order valence-corrected chi connectivity index (χ2v) is 6.24. The normalized spacial score (nSPS) is 11.6. The van der Waals surface area contributed by atoms with Gasteiger partial charge in [0, 0.05) is 12.2 Å². The number of sulfonamides is 1. The smallest absolute Gasteiger partial charge is 0.321 e. The van der Waals surface area contributed by atoms with Crippen molar-refractivity contribution >= 4 is 33.3 Å². The maximum atomic E-state index is 12.4. The number of esters is 1. The minimum atomic E-state index is -3.87. The molecule has 0 fully saturated rings. The quantitative estimate of drug-likeness (QED) is 0.633. The SMILES string of the molecule is CCOC(=O)CN(CC)S(=O)(=O)c1ccc(N)cc1Cl. The van der Waals surface area contributed by atoms with Crippen LogP contribution in [0.1, 0.15) is 13.8 Å². The zero-order chi connectivity index (χ0) is 15.3. The second kappa shape index (κ2) is 6.92. The third-order valence-electron chi connectivity index (χ3n) is 2.54. The van der Waals surface area contributed by atoms with Gasteiger partial charge in [0.1, 0.15) is 11.4 Å². The van der Waals surface area contributed by atoms with Crippen LogP contribution in [0.15, 0.2) is 23.1 Å². The van der Waals surface area contributed by atoms with E-state index >= 15 is 0 Å². The number of nitrogens with two attached hydrogens (primary N) is 1. The standard InChI is InChI=1S/C12H17ClN2O4S/c1-3-15(8-12(16)19-4-2)20(17,18)11-6-5-9(14)7-10(11)13/h5-7H,3-4,8,14H2,1-2H3. The van der Waals surface area contributed by atoms with Gasteiger partial charge < -0.3 is 10.5 Å². The van der Waals surface area contributed by atoms with Gasteiger partial charge in [0.2, 0.25) is 10.0 Å². The number of likely N-dealkylation sites (N-methyl/N-ethyl adjacent to an activating group) is 1. The number of halogens is 1. The molecule has 0 bridgehead atoms. The molecule has 0 spiro atoms. The van der Waals surface area contributed by atoms with Crippen LogP contribution < -0.4 is 5.73 Å². The molecule has 6 nitrogen and oxygen atoms in total. The van der Waals surface area contributed by atoms with Crippen molar-refractivity contribution in [1.82, 2.24) is 4.31 Å². The lowest BCUT2D eigenvalue weighted by atomic mass is 10.3. The monoisotopic (exact) mass is 320 g/mol. The lowest BCUT2D eigenvalue weighted by molar-refractivity contribution is -0.143. The van der Waals surface area contributed by atoms with Crippen molar-refractivity contribution in [3.05, 3.63) is 23.2 Å². The zero-order valence-electron chi connectivity index (χ0n) is 11.3. The molecular formula is C12H17ClN2O4S. The molecule has 0 atom stereocenters. The molecule has 0 radical (unpaired) electrons. The molecule has 0 amide bonds. The zero-order valence-corrected chi connectivity index (χ0v) is 12.9. The molecular weight excluding hydrogens is 304 g/mol. The largest absolute Gasteiger partial charge is 0.465 e. The number of nitrogen functional groups attached to an aromatic ring is 1. The number of benzene rings is 1. The van der Waals surface area contributed by atoms with Gasteiger partial charge >= 0.3 is 5.97 Å². The Kier molecular flexibility index (Phi) is 5.79. The molecule has 2 N–H and O–H groups in total. The summed E-state index contributed by atoms with van der Waals surface area (Å²) in [4.78, 5) is 11.4. The van der Waals surface area contributed by atoms with Crippen LogP contribution >= 0.6 is 11.6 Å². The van der Waals surface area contributed by atoms with E-state index < -0.39 is 16.0 Å². The predicted molar refractivity (Wildman–Crippen MR) is 76.9 cm³/mol. The highest BCUT2D eigenvalue weighted by molar-refractivity contribution is 7.89.